The highest BCUT2D eigenvalue weighted by molar-refractivity contribution is 6.34. The summed E-state index contributed by atoms with van der Waals surface area (Å²) in [4.78, 5) is 2.54. The molecule has 5 heteroatoms. The Balaban J connectivity index is 1.49. The molecule has 0 amide bonds. The first kappa shape index (κ1) is 23.1. The molecule has 3 aliphatic rings. The second kappa shape index (κ2) is 9.85. The molecule has 31 heavy (non-hydrogen) atoms. The van der Waals surface area contributed by atoms with E-state index >= 15 is 0 Å². The van der Waals surface area contributed by atoms with Gasteiger partial charge in [-0.25, -0.2) is 0 Å². The molecule has 1 unspecified atom stereocenters. The molecule has 2 fully saturated rings. The Labute approximate surface area is 201 Å². The number of allylic oxidation sites excluding steroid dienone is 5. The summed E-state index contributed by atoms with van der Waals surface area (Å²) in [5, 5.41) is 2.17. The maximum atomic E-state index is 6.86. The van der Waals surface area contributed by atoms with E-state index in [9.17, 15) is 0 Å². The van der Waals surface area contributed by atoms with Crippen LogP contribution in [0, 0.1) is 0 Å². The molecule has 0 saturated carbocycles. The van der Waals surface area contributed by atoms with Crippen molar-refractivity contribution in [2.24, 2.45) is 0 Å². The van der Waals surface area contributed by atoms with Gasteiger partial charge in [-0.2, -0.15) is 0 Å². The maximum absolute atomic E-state index is 6.86. The lowest BCUT2D eigenvalue weighted by atomic mass is 9.79. The van der Waals surface area contributed by atoms with Gasteiger partial charge in [-0.1, -0.05) is 59.1 Å². The van der Waals surface area contributed by atoms with E-state index < -0.39 is 0 Å². The number of likely N-dealkylation sites (tertiary alicyclic amines) is 1. The molecule has 166 valence electrons. The maximum Gasteiger partial charge on any atom is 0.109 e. The zero-order valence-corrected chi connectivity index (χ0v) is 20.5. The van der Waals surface area contributed by atoms with Crippen LogP contribution in [-0.4, -0.2) is 30.1 Å². The molecule has 2 heterocycles. The van der Waals surface area contributed by atoms with Crippen molar-refractivity contribution in [1.29, 1.82) is 0 Å². The van der Waals surface area contributed by atoms with Gasteiger partial charge in [-0.15, -0.1) is 0 Å². The van der Waals surface area contributed by atoms with Crippen LogP contribution >= 0.6 is 34.8 Å². The van der Waals surface area contributed by atoms with E-state index in [2.05, 4.69) is 30.1 Å². The summed E-state index contributed by atoms with van der Waals surface area (Å²) in [5.74, 6) is 0. The van der Waals surface area contributed by atoms with Crippen LogP contribution in [0.4, 0.5) is 0 Å². The smallest absolute Gasteiger partial charge is 0.109 e. The first-order chi connectivity index (χ1) is 15.0. The van der Waals surface area contributed by atoms with Crippen molar-refractivity contribution in [3.63, 3.8) is 0 Å². The van der Waals surface area contributed by atoms with Gasteiger partial charge in [-0.3, -0.25) is 0 Å². The Bertz CT molecular complexity index is 931. The van der Waals surface area contributed by atoms with Gasteiger partial charge in [0.2, 0.25) is 0 Å². The van der Waals surface area contributed by atoms with E-state index in [0.717, 1.165) is 62.3 Å². The number of hydrogen-bond donors (Lipinski definition) is 0. The highest BCUT2D eigenvalue weighted by Crippen LogP contribution is 2.53. The Morgan fingerprint density at radius 1 is 1.06 bits per heavy atom. The van der Waals surface area contributed by atoms with Crippen molar-refractivity contribution in [2.45, 2.75) is 57.7 Å². The molecule has 0 N–H and O–H groups in total. The minimum atomic E-state index is -0.202. The van der Waals surface area contributed by atoms with Crippen molar-refractivity contribution in [2.75, 3.05) is 19.6 Å². The van der Waals surface area contributed by atoms with E-state index in [1.54, 1.807) is 6.07 Å². The van der Waals surface area contributed by atoms with E-state index in [4.69, 9.17) is 39.5 Å². The van der Waals surface area contributed by atoms with Gasteiger partial charge in [0.25, 0.3) is 0 Å². The van der Waals surface area contributed by atoms with Crippen LogP contribution in [0.2, 0.25) is 10.0 Å². The molecule has 1 aromatic rings. The second-order valence-corrected chi connectivity index (χ2v) is 9.87. The number of ether oxygens (including phenoxy) is 1. The quantitative estimate of drug-likeness (QED) is 0.397. The molecule has 1 aromatic carbocycles. The number of hydrogen-bond acceptors (Lipinski definition) is 2. The molecule has 2 saturated heterocycles. The average molecular weight is 479 g/mol. The lowest BCUT2D eigenvalue weighted by Gasteiger charge is -2.40. The van der Waals surface area contributed by atoms with Crippen molar-refractivity contribution in [1.82, 2.24) is 4.90 Å². The summed E-state index contributed by atoms with van der Waals surface area (Å²) in [7, 11) is 0. The van der Waals surface area contributed by atoms with Gasteiger partial charge in [0.15, 0.2) is 0 Å². The van der Waals surface area contributed by atoms with Gasteiger partial charge >= 0.3 is 0 Å². The summed E-state index contributed by atoms with van der Waals surface area (Å²) < 4.78 is 6.86. The van der Waals surface area contributed by atoms with E-state index in [0.29, 0.717) is 10.0 Å². The normalized spacial score (nSPS) is 24.2. The SMILES string of the molecule is CC=C(Cl)C(=CC)CCN1CCC2(CC1)OC(c1cc(Cl)cc(Cl)c1)C1=CCCC=C12. The summed E-state index contributed by atoms with van der Waals surface area (Å²) in [6.07, 6.45) is 13.9. The molecular formula is C26H30Cl3NO. The monoisotopic (exact) mass is 477 g/mol. The highest BCUT2D eigenvalue weighted by atomic mass is 35.5. The predicted octanol–water partition coefficient (Wildman–Crippen LogP) is 8.02. The molecule has 1 aliphatic carbocycles. The second-order valence-electron chi connectivity index (χ2n) is 8.59. The molecule has 0 aromatic heterocycles. The fraction of sp³-hybridized carbons (Fsp3) is 0.462. The van der Waals surface area contributed by atoms with Crippen LogP contribution in [-0.2, 0) is 4.74 Å². The van der Waals surface area contributed by atoms with Crippen molar-refractivity contribution >= 4 is 34.8 Å². The number of piperidine rings is 1. The topological polar surface area (TPSA) is 12.5 Å². The van der Waals surface area contributed by atoms with Gasteiger partial charge < -0.3 is 9.64 Å². The van der Waals surface area contributed by atoms with Crippen LogP contribution in [0.1, 0.15) is 57.6 Å². The number of benzene rings is 1. The molecule has 2 nitrogen and oxygen atoms in total. The third-order valence-corrected chi connectivity index (χ3v) is 7.66. The van der Waals surface area contributed by atoms with Crippen molar-refractivity contribution in [3.05, 3.63) is 79.9 Å². The zero-order valence-electron chi connectivity index (χ0n) is 18.3. The molecular weight excluding hydrogens is 449 g/mol. The summed E-state index contributed by atoms with van der Waals surface area (Å²) in [6, 6.07) is 5.76. The van der Waals surface area contributed by atoms with Gasteiger partial charge in [0, 0.05) is 34.7 Å². The third-order valence-electron chi connectivity index (χ3n) is 6.76. The van der Waals surface area contributed by atoms with Crippen LogP contribution < -0.4 is 0 Å². The van der Waals surface area contributed by atoms with Crippen molar-refractivity contribution in [3.8, 4) is 0 Å². The fourth-order valence-electron chi connectivity index (χ4n) is 5.11. The van der Waals surface area contributed by atoms with Gasteiger partial charge in [0.05, 0.1) is 5.60 Å². The summed E-state index contributed by atoms with van der Waals surface area (Å²) >= 11 is 19.0. The Morgan fingerprint density at radius 2 is 1.74 bits per heavy atom. The molecule has 4 rings (SSSR count). The number of rotatable bonds is 5. The molecule has 1 spiro atoms. The first-order valence-electron chi connectivity index (χ1n) is 11.2. The lowest BCUT2D eigenvalue weighted by molar-refractivity contribution is -0.0598. The minimum absolute atomic E-state index is 0.0857. The summed E-state index contributed by atoms with van der Waals surface area (Å²) in [6.45, 7) is 7.12. The molecule has 0 radical (unpaired) electrons. The molecule has 2 aliphatic heterocycles. The highest BCUT2D eigenvalue weighted by Gasteiger charge is 2.49. The van der Waals surface area contributed by atoms with Crippen LogP contribution in [0.5, 0.6) is 0 Å². The predicted molar refractivity (Wildman–Crippen MR) is 132 cm³/mol. The Hall–Kier alpha value is -1.03. The standard InChI is InChI=1S/C26H30Cl3NO/c1-3-18(24(29)4-2)9-12-30-13-10-26(11-14-30)23-8-6-5-7-22(23)25(31-26)19-15-20(27)17-21(28)16-19/h3-4,7-8,15-17,25H,5-6,9-14H2,1-2H3. The average Bonchev–Trinajstić information content (AvgIpc) is 3.09. The molecule has 1 atom stereocenters. The zero-order chi connectivity index (χ0) is 22.0. The van der Waals surface area contributed by atoms with Crippen molar-refractivity contribution < 1.29 is 4.74 Å². The Morgan fingerprint density at radius 3 is 2.39 bits per heavy atom. The fourth-order valence-corrected chi connectivity index (χ4v) is 5.86. The van der Waals surface area contributed by atoms with Gasteiger partial charge in [0.1, 0.15) is 6.10 Å². The number of nitrogens with zero attached hydrogens (tertiary/aromatic N) is 1. The Kier molecular flexibility index (Phi) is 7.35. The number of halogens is 3. The van der Waals surface area contributed by atoms with Crippen LogP contribution in [0.3, 0.4) is 0 Å². The van der Waals surface area contributed by atoms with E-state index in [1.807, 2.05) is 25.1 Å². The van der Waals surface area contributed by atoms with Crippen LogP contribution in [0.15, 0.2) is 64.3 Å². The number of fused-ring (bicyclic) bond motifs is 2. The van der Waals surface area contributed by atoms with Gasteiger partial charge in [-0.05, 0) is 86.4 Å². The summed E-state index contributed by atoms with van der Waals surface area (Å²) in [5.41, 5.74) is 4.78. The third kappa shape index (κ3) is 4.84. The van der Waals surface area contributed by atoms with E-state index in [-0.39, 0.29) is 11.7 Å². The minimum Gasteiger partial charge on any atom is -0.358 e. The largest absolute Gasteiger partial charge is 0.358 e. The molecule has 0 bridgehead atoms. The first-order valence-corrected chi connectivity index (χ1v) is 12.3. The van der Waals surface area contributed by atoms with E-state index in [1.165, 1.54) is 16.7 Å². The lowest BCUT2D eigenvalue weighted by Crippen LogP contribution is -2.45. The van der Waals surface area contributed by atoms with Crippen LogP contribution in [0.25, 0.3) is 0 Å².